The van der Waals surface area contributed by atoms with Crippen molar-refractivity contribution in [1.82, 2.24) is 0 Å². The Hall–Kier alpha value is -2.48. The molecule has 0 saturated carbocycles. The van der Waals surface area contributed by atoms with Crippen molar-refractivity contribution in [2.75, 3.05) is 7.11 Å². The fourth-order valence-corrected chi connectivity index (χ4v) is 4.58. The van der Waals surface area contributed by atoms with Gasteiger partial charge >= 0.3 is 0 Å². The molecule has 3 atom stereocenters. The van der Waals surface area contributed by atoms with Crippen LogP contribution in [-0.4, -0.2) is 7.11 Å². The van der Waals surface area contributed by atoms with Crippen molar-refractivity contribution in [2.45, 2.75) is 65.9 Å². The standard InChI is InChI=1S/C28H36O2/c1-19(2)11-10-12-20(3)24-16-15-21(4)26-25(24)17-22(5)27(29-6)28(26)30-18-23-13-8-7-9-14-23/h7-14,17,20-21,24H,15-16,18H2,1-6H3/b12-10+/t20-,21-,24+/m0/s1. The SMILES string of the molecule is COc1c(C)cc2c(c1OCc1ccccc1)[C@@H](C)CC[C@@H]2[C@@H](C)/C=C/C=C(C)C. The van der Waals surface area contributed by atoms with E-state index in [1.165, 1.54) is 35.1 Å². The molecular weight excluding hydrogens is 368 g/mol. The second-order valence-electron chi connectivity index (χ2n) is 8.91. The third-order valence-corrected chi connectivity index (χ3v) is 6.20. The number of hydrogen-bond donors (Lipinski definition) is 0. The summed E-state index contributed by atoms with van der Waals surface area (Å²) in [7, 11) is 1.75. The topological polar surface area (TPSA) is 18.5 Å². The molecule has 1 aliphatic rings. The maximum absolute atomic E-state index is 6.45. The van der Waals surface area contributed by atoms with E-state index >= 15 is 0 Å². The Labute approximate surface area is 182 Å². The zero-order valence-electron chi connectivity index (χ0n) is 19.4. The summed E-state index contributed by atoms with van der Waals surface area (Å²) in [6.07, 6.45) is 9.13. The van der Waals surface area contributed by atoms with Crippen molar-refractivity contribution in [1.29, 1.82) is 0 Å². The number of rotatable bonds is 7. The van der Waals surface area contributed by atoms with Crippen LogP contribution in [0.5, 0.6) is 11.5 Å². The van der Waals surface area contributed by atoms with Crippen LogP contribution in [0.3, 0.4) is 0 Å². The Balaban J connectivity index is 2.00. The van der Waals surface area contributed by atoms with Gasteiger partial charge in [-0.05, 0) is 68.1 Å². The quantitative estimate of drug-likeness (QED) is 0.440. The molecule has 0 bridgehead atoms. The number of hydrogen-bond acceptors (Lipinski definition) is 2. The maximum Gasteiger partial charge on any atom is 0.165 e. The van der Waals surface area contributed by atoms with Crippen molar-refractivity contribution < 1.29 is 9.47 Å². The molecule has 0 N–H and O–H groups in total. The average molecular weight is 405 g/mol. The van der Waals surface area contributed by atoms with Crippen LogP contribution < -0.4 is 9.47 Å². The monoisotopic (exact) mass is 404 g/mol. The Kier molecular flexibility index (Phi) is 7.42. The fraction of sp³-hybridized carbons (Fsp3) is 0.429. The molecule has 0 saturated heterocycles. The molecule has 2 aromatic carbocycles. The van der Waals surface area contributed by atoms with Crippen LogP contribution in [0.4, 0.5) is 0 Å². The van der Waals surface area contributed by atoms with Crippen LogP contribution in [0.15, 0.2) is 60.2 Å². The summed E-state index contributed by atoms with van der Waals surface area (Å²) in [4.78, 5) is 0. The van der Waals surface area contributed by atoms with Crippen LogP contribution in [0.25, 0.3) is 0 Å². The van der Waals surface area contributed by atoms with Gasteiger partial charge in [-0.1, -0.05) is 74.0 Å². The molecule has 2 aromatic rings. The molecule has 160 valence electrons. The van der Waals surface area contributed by atoms with E-state index in [4.69, 9.17) is 9.47 Å². The van der Waals surface area contributed by atoms with Gasteiger partial charge in [-0.15, -0.1) is 0 Å². The van der Waals surface area contributed by atoms with Gasteiger partial charge in [0.25, 0.3) is 0 Å². The number of aryl methyl sites for hydroxylation is 1. The number of fused-ring (bicyclic) bond motifs is 1. The first-order valence-corrected chi connectivity index (χ1v) is 11.1. The van der Waals surface area contributed by atoms with Crippen molar-refractivity contribution in [2.24, 2.45) is 5.92 Å². The fourth-order valence-electron chi connectivity index (χ4n) is 4.58. The molecule has 3 rings (SSSR count). The molecule has 0 aromatic heterocycles. The van der Waals surface area contributed by atoms with Gasteiger partial charge in [-0.2, -0.15) is 0 Å². The molecule has 0 heterocycles. The molecule has 2 nitrogen and oxygen atoms in total. The first kappa shape index (κ1) is 22.2. The molecule has 0 amide bonds. The van der Waals surface area contributed by atoms with Crippen molar-refractivity contribution in [3.8, 4) is 11.5 Å². The number of allylic oxidation sites excluding steroid dienone is 4. The van der Waals surface area contributed by atoms with Gasteiger partial charge in [-0.3, -0.25) is 0 Å². The lowest BCUT2D eigenvalue weighted by atomic mass is 9.71. The van der Waals surface area contributed by atoms with Gasteiger partial charge < -0.3 is 9.47 Å². The molecule has 30 heavy (non-hydrogen) atoms. The number of methoxy groups -OCH3 is 1. The van der Waals surface area contributed by atoms with Crippen molar-refractivity contribution >= 4 is 0 Å². The highest BCUT2D eigenvalue weighted by Crippen LogP contribution is 2.50. The zero-order chi connectivity index (χ0) is 21.7. The predicted octanol–water partition coefficient (Wildman–Crippen LogP) is 7.72. The van der Waals surface area contributed by atoms with Gasteiger partial charge in [0, 0.05) is 5.56 Å². The molecule has 2 heteroatoms. The van der Waals surface area contributed by atoms with Crippen molar-refractivity contribution in [3.05, 3.63) is 82.5 Å². The largest absolute Gasteiger partial charge is 0.493 e. The highest BCUT2D eigenvalue weighted by Gasteiger charge is 2.32. The van der Waals surface area contributed by atoms with Gasteiger partial charge in [-0.25, -0.2) is 0 Å². The smallest absolute Gasteiger partial charge is 0.165 e. The summed E-state index contributed by atoms with van der Waals surface area (Å²) in [5, 5.41) is 0. The van der Waals surface area contributed by atoms with E-state index in [-0.39, 0.29) is 0 Å². The summed E-state index contributed by atoms with van der Waals surface area (Å²) >= 11 is 0. The molecular formula is C28H36O2. The summed E-state index contributed by atoms with van der Waals surface area (Å²) in [5.41, 5.74) is 6.43. The summed E-state index contributed by atoms with van der Waals surface area (Å²) in [6, 6.07) is 12.7. The molecule has 0 radical (unpaired) electrons. The van der Waals surface area contributed by atoms with Crippen LogP contribution in [0, 0.1) is 12.8 Å². The Bertz CT molecular complexity index is 904. The average Bonchev–Trinajstić information content (AvgIpc) is 2.72. The van der Waals surface area contributed by atoms with E-state index < -0.39 is 0 Å². The maximum atomic E-state index is 6.45. The van der Waals surface area contributed by atoms with E-state index in [0.29, 0.717) is 24.4 Å². The van der Waals surface area contributed by atoms with Gasteiger partial charge in [0.2, 0.25) is 0 Å². The van der Waals surface area contributed by atoms with Crippen LogP contribution in [-0.2, 0) is 6.61 Å². The van der Waals surface area contributed by atoms with Gasteiger partial charge in [0.1, 0.15) is 6.61 Å². The lowest BCUT2D eigenvalue weighted by molar-refractivity contribution is 0.274. The molecule has 0 aliphatic heterocycles. The highest BCUT2D eigenvalue weighted by molar-refractivity contribution is 5.58. The van der Waals surface area contributed by atoms with E-state index in [1.807, 2.05) is 6.07 Å². The van der Waals surface area contributed by atoms with Crippen LogP contribution in [0.2, 0.25) is 0 Å². The summed E-state index contributed by atoms with van der Waals surface area (Å²) in [6.45, 7) is 11.6. The van der Waals surface area contributed by atoms with Crippen LogP contribution in [0.1, 0.15) is 74.6 Å². The number of ether oxygens (including phenoxy) is 2. The summed E-state index contributed by atoms with van der Waals surface area (Å²) in [5.74, 6) is 3.26. The minimum absolute atomic E-state index is 0.463. The second kappa shape index (κ2) is 10.0. The minimum atomic E-state index is 0.463. The molecule has 1 aliphatic carbocycles. The lowest BCUT2D eigenvalue weighted by Gasteiger charge is -2.35. The van der Waals surface area contributed by atoms with Crippen molar-refractivity contribution in [3.63, 3.8) is 0 Å². The van der Waals surface area contributed by atoms with E-state index in [0.717, 1.165) is 17.1 Å². The lowest BCUT2D eigenvalue weighted by Crippen LogP contribution is -2.19. The molecule has 0 spiro atoms. The molecule has 0 fully saturated rings. The Morgan fingerprint density at radius 1 is 1.13 bits per heavy atom. The Morgan fingerprint density at radius 3 is 2.53 bits per heavy atom. The van der Waals surface area contributed by atoms with E-state index in [2.05, 4.69) is 83.2 Å². The highest BCUT2D eigenvalue weighted by atomic mass is 16.5. The third-order valence-electron chi connectivity index (χ3n) is 6.20. The third kappa shape index (κ3) is 4.98. The van der Waals surface area contributed by atoms with E-state index in [9.17, 15) is 0 Å². The van der Waals surface area contributed by atoms with Gasteiger partial charge in [0.15, 0.2) is 11.5 Å². The normalized spacial score (nSPS) is 19.3. The Morgan fingerprint density at radius 2 is 1.87 bits per heavy atom. The first-order chi connectivity index (χ1) is 14.4. The zero-order valence-corrected chi connectivity index (χ0v) is 19.4. The van der Waals surface area contributed by atoms with Crippen LogP contribution >= 0.6 is 0 Å². The molecule has 0 unspecified atom stereocenters. The minimum Gasteiger partial charge on any atom is -0.493 e. The summed E-state index contributed by atoms with van der Waals surface area (Å²) < 4.78 is 12.3. The van der Waals surface area contributed by atoms with E-state index in [1.54, 1.807) is 7.11 Å². The number of benzene rings is 2. The first-order valence-electron chi connectivity index (χ1n) is 11.1. The second-order valence-corrected chi connectivity index (χ2v) is 8.91. The van der Waals surface area contributed by atoms with Gasteiger partial charge in [0.05, 0.1) is 7.11 Å². The predicted molar refractivity (Wildman–Crippen MR) is 127 cm³/mol.